The van der Waals surface area contributed by atoms with Crippen LogP contribution in [0.15, 0.2) is 0 Å². The van der Waals surface area contributed by atoms with E-state index in [4.69, 9.17) is 15.6 Å². The second kappa shape index (κ2) is 6.70. The molecule has 0 heterocycles. The Morgan fingerprint density at radius 1 is 1.39 bits per heavy atom. The fraction of sp³-hybridized carbons (Fsp3) is 0.833. The van der Waals surface area contributed by atoms with Gasteiger partial charge in [0, 0.05) is 13.7 Å². The number of carbonyl (C=O) groups excluding carboxylic acids is 1. The van der Waals surface area contributed by atoms with Crippen LogP contribution < -0.4 is 11.1 Å². The zero-order valence-corrected chi connectivity index (χ0v) is 10.8. The smallest absolute Gasteiger partial charge is 0.306 e. The third kappa shape index (κ3) is 4.27. The van der Waals surface area contributed by atoms with Crippen molar-refractivity contribution in [2.24, 2.45) is 5.73 Å². The van der Waals surface area contributed by atoms with Gasteiger partial charge in [-0.15, -0.1) is 0 Å². The highest BCUT2D eigenvalue weighted by atomic mass is 16.5. The molecule has 4 N–H and O–H groups in total. The molecule has 0 aromatic rings. The van der Waals surface area contributed by atoms with Crippen molar-refractivity contribution in [3.05, 3.63) is 0 Å². The molecule has 104 valence electrons. The van der Waals surface area contributed by atoms with Gasteiger partial charge < -0.3 is 20.9 Å². The first-order valence-electron chi connectivity index (χ1n) is 6.30. The number of hydrogen-bond acceptors (Lipinski definition) is 4. The maximum absolute atomic E-state index is 12.0. The van der Waals surface area contributed by atoms with Crippen LogP contribution in [0.1, 0.15) is 38.5 Å². The summed E-state index contributed by atoms with van der Waals surface area (Å²) in [5.41, 5.74) is 5.27. The van der Waals surface area contributed by atoms with E-state index in [1.165, 1.54) is 7.11 Å². The maximum atomic E-state index is 12.0. The summed E-state index contributed by atoms with van der Waals surface area (Å²) in [6.45, 7) is 0.181. The van der Waals surface area contributed by atoms with Crippen molar-refractivity contribution in [2.75, 3.05) is 13.7 Å². The number of rotatable bonds is 6. The van der Waals surface area contributed by atoms with Crippen LogP contribution in [0.25, 0.3) is 0 Å². The molecule has 0 spiro atoms. The summed E-state index contributed by atoms with van der Waals surface area (Å²) in [5.74, 6) is -1.15. The molecular weight excluding hydrogens is 236 g/mol. The summed E-state index contributed by atoms with van der Waals surface area (Å²) < 4.78 is 5.00. The highest BCUT2D eigenvalue weighted by molar-refractivity contribution is 5.86. The predicted octanol–water partition coefficient (Wildman–Crippen LogP) is 0.254. The summed E-state index contributed by atoms with van der Waals surface area (Å²) >= 11 is 0. The average molecular weight is 258 g/mol. The quantitative estimate of drug-likeness (QED) is 0.634. The van der Waals surface area contributed by atoms with Gasteiger partial charge in [-0.2, -0.15) is 0 Å². The molecular formula is C12H22N2O4. The number of methoxy groups -OCH3 is 1. The number of amides is 1. The minimum Gasteiger partial charge on any atom is -0.481 e. The summed E-state index contributed by atoms with van der Waals surface area (Å²) in [6, 6.07) is 0. The summed E-state index contributed by atoms with van der Waals surface area (Å²) in [5, 5.41) is 11.4. The summed E-state index contributed by atoms with van der Waals surface area (Å²) in [7, 11) is 1.43. The number of hydrogen-bond donors (Lipinski definition) is 3. The monoisotopic (exact) mass is 258 g/mol. The van der Waals surface area contributed by atoms with E-state index in [0.717, 1.165) is 19.3 Å². The van der Waals surface area contributed by atoms with Gasteiger partial charge in [0.25, 0.3) is 0 Å². The van der Waals surface area contributed by atoms with E-state index in [9.17, 15) is 9.59 Å². The van der Waals surface area contributed by atoms with E-state index in [0.29, 0.717) is 12.8 Å². The van der Waals surface area contributed by atoms with E-state index < -0.39 is 17.6 Å². The van der Waals surface area contributed by atoms with Crippen LogP contribution in [0.4, 0.5) is 0 Å². The van der Waals surface area contributed by atoms with Gasteiger partial charge in [0.1, 0.15) is 0 Å². The lowest BCUT2D eigenvalue weighted by molar-refractivity contribution is -0.140. The number of nitrogens with one attached hydrogen (secondary N) is 1. The molecule has 0 aliphatic heterocycles. The highest BCUT2D eigenvalue weighted by Gasteiger charge is 2.35. The Morgan fingerprint density at radius 3 is 2.50 bits per heavy atom. The maximum Gasteiger partial charge on any atom is 0.306 e. The number of aliphatic carboxylic acids is 1. The number of ether oxygens (including phenoxy) is 1. The minimum atomic E-state index is -0.948. The molecule has 0 bridgehead atoms. The van der Waals surface area contributed by atoms with Crippen molar-refractivity contribution >= 4 is 11.9 Å². The van der Waals surface area contributed by atoms with Crippen LogP contribution >= 0.6 is 0 Å². The van der Waals surface area contributed by atoms with E-state index in [1.807, 2.05) is 0 Å². The molecule has 18 heavy (non-hydrogen) atoms. The van der Waals surface area contributed by atoms with E-state index >= 15 is 0 Å². The minimum absolute atomic E-state index is 0.131. The first-order chi connectivity index (χ1) is 8.48. The van der Waals surface area contributed by atoms with E-state index in [1.54, 1.807) is 0 Å². The Morgan fingerprint density at radius 2 is 2.00 bits per heavy atom. The molecule has 0 saturated heterocycles. The van der Waals surface area contributed by atoms with Crippen molar-refractivity contribution < 1.29 is 19.4 Å². The molecule has 1 atom stereocenters. The Kier molecular flexibility index (Phi) is 5.55. The molecule has 1 rings (SSSR count). The van der Waals surface area contributed by atoms with Gasteiger partial charge in [-0.05, 0) is 12.8 Å². The Labute approximate surface area is 107 Å². The van der Waals surface area contributed by atoms with Crippen LogP contribution in [0, 0.1) is 0 Å². The molecule has 0 radical (unpaired) electrons. The second-order valence-electron chi connectivity index (χ2n) is 4.88. The number of carbonyl (C=O) groups is 2. The van der Waals surface area contributed by atoms with Gasteiger partial charge >= 0.3 is 5.97 Å². The van der Waals surface area contributed by atoms with Crippen LogP contribution in [0.2, 0.25) is 0 Å². The third-order valence-electron chi connectivity index (χ3n) is 3.42. The fourth-order valence-corrected chi connectivity index (χ4v) is 2.23. The molecule has 1 aliphatic carbocycles. The molecule has 1 amide bonds. The van der Waals surface area contributed by atoms with Crippen LogP contribution in [-0.2, 0) is 14.3 Å². The van der Waals surface area contributed by atoms with Crippen molar-refractivity contribution in [2.45, 2.75) is 50.2 Å². The fourth-order valence-electron chi connectivity index (χ4n) is 2.23. The van der Waals surface area contributed by atoms with Crippen LogP contribution in [0.3, 0.4) is 0 Å². The lowest BCUT2D eigenvalue weighted by Gasteiger charge is -2.32. The summed E-state index contributed by atoms with van der Waals surface area (Å²) in [4.78, 5) is 22.5. The number of carboxylic acids is 1. The van der Waals surface area contributed by atoms with Crippen molar-refractivity contribution in [1.29, 1.82) is 0 Å². The standard InChI is InChI=1S/C12H22N2O4/c1-18-9(7-10(15)16)8-14-11(17)12(13)5-3-2-4-6-12/h9H,2-8,13H2,1H3,(H,14,17)(H,15,16). The normalized spacial score (nSPS) is 20.1. The molecule has 1 aliphatic rings. The topological polar surface area (TPSA) is 102 Å². The Bertz CT molecular complexity index is 300. The first-order valence-corrected chi connectivity index (χ1v) is 6.30. The zero-order chi connectivity index (χ0) is 13.6. The Hall–Kier alpha value is -1.14. The lowest BCUT2D eigenvalue weighted by atomic mass is 9.82. The highest BCUT2D eigenvalue weighted by Crippen LogP contribution is 2.25. The average Bonchev–Trinajstić information content (AvgIpc) is 2.34. The number of nitrogens with two attached hydrogens (primary N) is 1. The molecule has 1 fully saturated rings. The Balaban J connectivity index is 2.41. The van der Waals surface area contributed by atoms with Gasteiger partial charge in [0.2, 0.25) is 5.91 Å². The van der Waals surface area contributed by atoms with Gasteiger partial charge in [-0.25, -0.2) is 0 Å². The molecule has 1 unspecified atom stereocenters. The van der Waals surface area contributed by atoms with Crippen LogP contribution in [0.5, 0.6) is 0 Å². The summed E-state index contributed by atoms with van der Waals surface area (Å²) in [6.07, 6.45) is 3.78. The van der Waals surface area contributed by atoms with Crippen molar-refractivity contribution in [1.82, 2.24) is 5.32 Å². The van der Waals surface area contributed by atoms with Gasteiger partial charge in [0.05, 0.1) is 18.1 Å². The van der Waals surface area contributed by atoms with Crippen molar-refractivity contribution in [3.8, 4) is 0 Å². The van der Waals surface area contributed by atoms with Crippen molar-refractivity contribution in [3.63, 3.8) is 0 Å². The largest absolute Gasteiger partial charge is 0.481 e. The molecule has 0 aromatic heterocycles. The third-order valence-corrected chi connectivity index (χ3v) is 3.42. The zero-order valence-electron chi connectivity index (χ0n) is 10.8. The molecule has 1 saturated carbocycles. The number of carboxylic acid groups (broad SMARTS) is 1. The second-order valence-corrected chi connectivity index (χ2v) is 4.88. The molecule has 0 aromatic carbocycles. The van der Waals surface area contributed by atoms with Gasteiger partial charge in [-0.3, -0.25) is 9.59 Å². The lowest BCUT2D eigenvalue weighted by Crippen LogP contribution is -2.56. The van der Waals surface area contributed by atoms with E-state index in [-0.39, 0.29) is 18.9 Å². The van der Waals surface area contributed by atoms with Gasteiger partial charge in [-0.1, -0.05) is 19.3 Å². The van der Waals surface area contributed by atoms with E-state index in [2.05, 4.69) is 5.32 Å². The van der Waals surface area contributed by atoms with Gasteiger partial charge in [0.15, 0.2) is 0 Å². The first kappa shape index (κ1) is 14.9. The van der Waals surface area contributed by atoms with Crippen LogP contribution in [-0.4, -0.2) is 42.3 Å². The molecule has 6 heteroatoms. The SMILES string of the molecule is COC(CNC(=O)C1(N)CCCCC1)CC(=O)O. The molecule has 6 nitrogen and oxygen atoms in total. The predicted molar refractivity (Wildman–Crippen MR) is 66.1 cm³/mol.